The van der Waals surface area contributed by atoms with E-state index in [9.17, 15) is 9.59 Å². The van der Waals surface area contributed by atoms with E-state index in [1.54, 1.807) is 7.11 Å². The first-order valence-electron chi connectivity index (χ1n) is 7.46. The van der Waals surface area contributed by atoms with Gasteiger partial charge >= 0.3 is 5.97 Å². The molecule has 6 heteroatoms. The summed E-state index contributed by atoms with van der Waals surface area (Å²) in [6.07, 6.45) is -0.909. The van der Waals surface area contributed by atoms with Crippen molar-refractivity contribution in [3.05, 3.63) is 54.1 Å². The van der Waals surface area contributed by atoms with Crippen LogP contribution in [0.1, 0.15) is 17.7 Å². The van der Waals surface area contributed by atoms with Crippen LogP contribution in [-0.2, 0) is 14.3 Å². The van der Waals surface area contributed by atoms with Crippen molar-refractivity contribution >= 4 is 29.3 Å². The lowest BCUT2D eigenvalue weighted by molar-refractivity contribution is -0.152. The minimum absolute atomic E-state index is 0.330. The van der Waals surface area contributed by atoms with Gasteiger partial charge in [-0.25, -0.2) is 0 Å². The first kappa shape index (κ1) is 16.4. The second-order valence-electron chi connectivity index (χ2n) is 5.33. The summed E-state index contributed by atoms with van der Waals surface area (Å²) in [7, 11) is 1.60. The molecular weight excluding hydrogens is 326 g/mol. The first-order chi connectivity index (χ1) is 11.6. The lowest BCUT2D eigenvalue weighted by Crippen LogP contribution is -2.34. The third kappa shape index (κ3) is 3.38. The molecule has 1 heterocycles. The molecule has 0 spiro atoms. The van der Waals surface area contributed by atoms with Crippen LogP contribution in [-0.4, -0.2) is 25.1 Å². The van der Waals surface area contributed by atoms with Crippen LogP contribution in [0.15, 0.2) is 53.4 Å². The third-order valence-electron chi connectivity index (χ3n) is 3.67. The Kier molecular flexibility index (Phi) is 4.76. The summed E-state index contributed by atoms with van der Waals surface area (Å²) < 4.78 is 10.5. The molecule has 1 unspecified atom stereocenters. The SMILES string of the molecule is COc1ccc([C@@H]2Sc3ccccc3NC(=O)C2OC(C)=O)cc1. The van der Waals surface area contributed by atoms with Gasteiger partial charge in [0.2, 0.25) is 0 Å². The summed E-state index contributed by atoms with van der Waals surface area (Å²) in [4.78, 5) is 25.0. The van der Waals surface area contributed by atoms with Crippen molar-refractivity contribution in [2.75, 3.05) is 12.4 Å². The molecule has 0 aliphatic carbocycles. The molecule has 0 saturated carbocycles. The van der Waals surface area contributed by atoms with E-state index in [1.807, 2.05) is 48.5 Å². The monoisotopic (exact) mass is 343 g/mol. The smallest absolute Gasteiger partial charge is 0.303 e. The maximum Gasteiger partial charge on any atom is 0.303 e. The van der Waals surface area contributed by atoms with Crippen LogP contribution in [0.2, 0.25) is 0 Å². The Labute approximate surface area is 144 Å². The van der Waals surface area contributed by atoms with Gasteiger partial charge in [-0.3, -0.25) is 9.59 Å². The Morgan fingerprint density at radius 2 is 1.83 bits per heavy atom. The molecule has 3 rings (SSSR count). The zero-order valence-electron chi connectivity index (χ0n) is 13.3. The number of para-hydroxylation sites is 1. The molecule has 1 N–H and O–H groups in total. The predicted octanol–water partition coefficient (Wildman–Crippen LogP) is 3.41. The molecule has 0 saturated heterocycles. The van der Waals surface area contributed by atoms with Gasteiger partial charge in [0, 0.05) is 11.8 Å². The number of nitrogens with one attached hydrogen (secondary N) is 1. The molecule has 0 bridgehead atoms. The van der Waals surface area contributed by atoms with Crippen LogP contribution in [0.5, 0.6) is 5.75 Å². The number of amides is 1. The molecular formula is C18H17NO4S. The molecule has 24 heavy (non-hydrogen) atoms. The zero-order valence-corrected chi connectivity index (χ0v) is 14.1. The summed E-state index contributed by atoms with van der Waals surface area (Å²) in [6.45, 7) is 1.31. The van der Waals surface area contributed by atoms with Crippen molar-refractivity contribution in [3.63, 3.8) is 0 Å². The van der Waals surface area contributed by atoms with Crippen molar-refractivity contribution in [2.45, 2.75) is 23.2 Å². The summed E-state index contributed by atoms with van der Waals surface area (Å²) >= 11 is 1.50. The largest absolute Gasteiger partial charge is 0.497 e. The Morgan fingerprint density at radius 3 is 2.50 bits per heavy atom. The second kappa shape index (κ2) is 6.97. The number of methoxy groups -OCH3 is 1. The topological polar surface area (TPSA) is 64.6 Å². The molecule has 1 aliphatic rings. The van der Waals surface area contributed by atoms with Gasteiger partial charge < -0.3 is 14.8 Å². The molecule has 124 valence electrons. The van der Waals surface area contributed by atoms with Gasteiger partial charge in [-0.2, -0.15) is 0 Å². The van der Waals surface area contributed by atoms with E-state index in [4.69, 9.17) is 9.47 Å². The van der Waals surface area contributed by atoms with Gasteiger partial charge in [0.1, 0.15) is 5.75 Å². The van der Waals surface area contributed by atoms with E-state index in [-0.39, 0.29) is 11.2 Å². The highest BCUT2D eigenvalue weighted by atomic mass is 32.2. The van der Waals surface area contributed by atoms with Crippen LogP contribution in [0.25, 0.3) is 0 Å². The van der Waals surface area contributed by atoms with E-state index >= 15 is 0 Å². The molecule has 2 atom stereocenters. The van der Waals surface area contributed by atoms with Crippen LogP contribution in [0, 0.1) is 0 Å². The summed E-state index contributed by atoms with van der Waals surface area (Å²) in [6, 6.07) is 15.0. The number of carbonyl (C=O) groups is 2. The van der Waals surface area contributed by atoms with Gasteiger partial charge in [0.05, 0.1) is 18.0 Å². The summed E-state index contributed by atoms with van der Waals surface area (Å²) in [5.41, 5.74) is 1.61. The Bertz CT molecular complexity index is 760. The number of anilines is 1. The maximum atomic E-state index is 12.6. The number of hydrogen-bond acceptors (Lipinski definition) is 5. The van der Waals surface area contributed by atoms with Gasteiger partial charge in [-0.05, 0) is 29.8 Å². The lowest BCUT2D eigenvalue weighted by atomic mass is 10.1. The molecule has 0 aromatic heterocycles. The number of thioether (sulfide) groups is 1. The highest BCUT2D eigenvalue weighted by Crippen LogP contribution is 2.44. The first-order valence-corrected chi connectivity index (χ1v) is 8.34. The van der Waals surface area contributed by atoms with E-state index in [0.29, 0.717) is 0 Å². The standard InChI is InChI=1S/C18H17NO4S/c1-11(20)23-16-17(12-7-9-13(22-2)10-8-12)24-15-6-4-3-5-14(15)19-18(16)21/h3-10,16-17H,1-2H3,(H,19,21)/t16?,17-/m0/s1. The van der Waals surface area contributed by atoms with Gasteiger partial charge in [-0.1, -0.05) is 24.3 Å². The Morgan fingerprint density at radius 1 is 1.12 bits per heavy atom. The van der Waals surface area contributed by atoms with Crippen LogP contribution in [0.4, 0.5) is 5.69 Å². The van der Waals surface area contributed by atoms with Crippen molar-refractivity contribution in [1.82, 2.24) is 0 Å². The van der Waals surface area contributed by atoms with Gasteiger partial charge in [0.25, 0.3) is 5.91 Å². The van der Waals surface area contributed by atoms with Gasteiger partial charge in [0.15, 0.2) is 6.10 Å². The van der Waals surface area contributed by atoms with E-state index in [0.717, 1.165) is 21.9 Å². The third-order valence-corrected chi connectivity index (χ3v) is 5.05. The van der Waals surface area contributed by atoms with Crippen molar-refractivity contribution in [1.29, 1.82) is 0 Å². The lowest BCUT2D eigenvalue weighted by Gasteiger charge is -2.23. The zero-order chi connectivity index (χ0) is 17.1. The number of esters is 1. The maximum absolute atomic E-state index is 12.6. The molecule has 1 amide bonds. The number of fused-ring (bicyclic) bond motifs is 1. The van der Waals surface area contributed by atoms with Gasteiger partial charge in [-0.15, -0.1) is 11.8 Å². The molecule has 0 fully saturated rings. The average molecular weight is 343 g/mol. The van der Waals surface area contributed by atoms with Crippen molar-refractivity contribution in [3.8, 4) is 5.75 Å². The highest BCUT2D eigenvalue weighted by molar-refractivity contribution is 7.99. The highest BCUT2D eigenvalue weighted by Gasteiger charge is 2.36. The molecule has 0 radical (unpaired) electrons. The number of ether oxygens (including phenoxy) is 2. The van der Waals surface area contributed by atoms with Crippen LogP contribution in [0.3, 0.4) is 0 Å². The molecule has 1 aliphatic heterocycles. The fraction of sp³-hybridized carbons (Fsp3) is 0.222. The summed E-state index contributed by atoms with van der Waals surface area (Å²) in [5.74, 6) is -0.0880. The minimum Gasteiger partial charge on any atom is -0.497 e. The Balaban J connectivity index is 2.02. The van der Waals surface area contributed by atoms with E-state index < -0.39 is 12.1 Å². The molecule has 2 aromatic carbocycles. The number of carbonyl (C=O) groups excluding carboxylic acids is 2. The fourth-order valence-corrected chi connectivity index (χ4v) is 3.82. The number of hydrogen-bond donors (Lipinski definition) is 1. The predicted molar refractivity (Wildman–Crippen MR) is 92.2 cm³/mol. The van der Waals surface area contributed by atoms with Crippen molar-refractivity contribution < 1.29 is 19.1 Å². The Hall–Kier alpha value is -2.47. The fourth-order valence-electron chi connectivity index (χ4n) is 2.54. The normalized spacial score (nSPS) is 19.7. The second-order valence-corrected chi connectivity index (χ2v) is 6.51. The number of rotatable bonds is 3. The molecule has 5 nitrogen and oxygen atoms in total. The van der Waals surface area contributed by atoms with Crippen molar-refractivity contribution in [2.24, 2.45) is 0 Å². The number of benzene rings is 2. The quantitative estimate of drug-likeness (QED) is 0.865. The minimum atomic E-state index is -0.909. The van der Waals surface area contributed by atoms with Crippen LogP contribution >= 0.6 is 11.8 Å². The van der Waals surface area contributed by atoms with E-state index in [2.05, 4.69) is 5.32 Å². The average Bonchev–Trinajstić information content (AvgIpc) is 2.72. The summed E-state index contributed by atoms with van der Waals surface area (Å²) in [5, 5.41) is 2.49. The van der Waals surface area contributed by atoms with E-state index in [1.165, 1.54) is 18.7 Å². The molecule has 2 aromatic rings. The van der Waals surface area contributed by atoms with Crippen LogP contribution < -0.4 is 10.1 Å².